The second-order valence-corrected chi connectivity index (χ2v) is 7.15. The number of rotatable bonds is 4. The minimum absolute atomic E-state index is 0.393. The molecule has 3 heterocycles. The number of aliphatic hydroxyl groups excluding tert-OH is 3. The van der Waals surface area contributed by atoms with Gasteiger partial charge >= 0.3 is 0 Å². The first-order valence-electron chi connectivity index (χ1n) is 7.91. The van der Waals surface area contributed by atoms with Crippen molar-refractivity contribution in [1.82, 2.24) is 19.5 Å². The third-order valence-electron chi connectivity index (χ3n) is 4.26. The van der Waals surface area contributed by atoms with Crippen molar-refractivity contribution < 1.29 is 20.1 Å². The first-order valence-corrected chi connectivity index (χ1v) is 8.99. The van der Waals surface area contributed by atoms with Crippen LogP contribution in [0.5, 0.6) is 0 Å². The number of halogens is 1. The van der Waals surface area contributed by atoms with Crippen LogP contribution in [0, 0.1) is 3.57 Å². The van der Waals surface area contributed by atoms with Gasteiger partial charge < -0.3 is 25.4 Å². The fraction of sp³-hybridized carbons (Fsp3) is 0.312. The number of nitrogens with one attached hydrogen (secondary N) is 1. The summed E-state index contributed by atoms with van der Waals surface area (Å²) in [4.78, 5) is 12.8. The maximum Gasteiger partial charge on any atom is 0.167 e. The van der Waals surface area contributed by atoms with E-state index in [9.17, 15) is 15.3 Å². The third kappa shape index (κ3) is 3.03. The van der Waals surface area contributed by atoms with Gasteiger partial charge in [-0.3, -0.25) is 4.57 Å². The molecule has 0 saturated carbocycles. The van der Waals surface area contributed by atoms with Crippen LogP contribution < -0.4 is 5.32 Å². The van der Waals surface area contributed by atoms with Crippen molar-refractivity contribution in [2.24, 2.45) is 0 Å². The van der Waals surface area contributed by atoms with E-state index in [-0.39, 0.29) is 0 Å². The molecule has 1 saturated heterocycles. The second kappa shape index (κ2) is 7.04. The van der Waals surface area contributed by atoms with Crippen molar-refractivity contribution in [3.63, 3.8) is 0 Å². The first kappa shape index (κ1) is 17.5. The molecule has 4 rings (SSSR count). The number of nitrogens with zero attached hydrogens (tertiary/aromatic N) is 4. The predicted octanol–water partition coefficient (Wildman–Crippen LogP) is 0.786. The second-order valence-electron chi connectivity index (χ2n) is 5.91. The minimum atomic E-state index is -1.20. The average Bonchev–Trinajstić information content (AvgIpc) is 3.19. The van der Waals surface area contributed by atoms with Gasteiger partial charge in [-0.05, 0) is 46.9 Å². The maximum atomic E-state index is 10.2. The smallest absolute Gasteiger partial charge is 0.167 e. The fourth-order valence-electron chi connectivity index (χ4n) is 2.91. The highest BCUT2D eigenvalue weighted by molar-refractivity contribution is 14.1. The number of hydrogen-bond donors (Lipinski definition) is 4. The zero-order chi connectivity index (χ0) is 18.3. The Hall–Kier alpha value is -1.86. The van der Waals surface area contributed by atoms with E-state index in [1.54, 1.807) is 0 Å². The Labute approximate surface area is 161 Å². The van der Waals surface area contributed by atoms with Crippen LogP contribution in [0.25, 0.3) is 11.2 Å². The summed E-state index contributed by atoms with van der Waals surface area (Å²) in [6.45, 7) is -0.393. The Morgan fingerprint density at radius 2 is 1.88 bits per heavy atom. The zero-order valence-electron chi connectivity index (χ0n) is 13.4. The molecule has 136 valence electrons. The van der Waals surface area contributed by atoms with Gasteiger partial charge in [-0.15, -0.1) is 0 Å². The number of imidazole rings is 1. The van der Waals surface area contributed by atoms with Crippen LogP contribution >= 0.6 is 22.6 Å². The van der Waals surface area contributed by atoms with Crippen molar-refractivity contribution in [3.05, 3.63) is 40.5 Å². The first-order chi connectivity index (χ1) is 12.6. The largest absolute Gasteiger partial charge is 0.394 e. The summed E-state index contributed by atoms with van der Waals surface area (Å²) in [5.41, 5.74) is 1.81. The molecular weight excluding hydrogens is 453 g/mol. The van der Waals surface area contributed by atoms with E-state index in [2.05, 4.69) is 42.9 Å². The number of ether oxygens (including phenoxy) is 1. The summed E-state index contributed by atoms with van der Waals surface area (Å²) >= 11 is 2.23. The molecule has 4 atom stereocenters. The zero-order valence-corrected chi connectivity index (χ0v) is 15.6. The minimum Gasteiger partial charge on any atom is -0.394 e. The molecule has 0 bridgehead atoms. The lowest BCUT2D eigenvalue weighted by Crippen LogP contribution is -2.33. The number of anilines is 2. The molecule has 0 amide bonds. The number of benzene rings is 1. The average molecular weight is 469 g/mol. The molecule has 10 heteroatoms. The van der Waals surface area contributed by atoms with Crippen molar-refractivity contribution >= 4 is 45.3 Å². The molecule has 1 aliphatic rings. The third-order valence-corrected chi connectivity index (χ3v) is 4.98. The quantitative estimate of drug-likeness (QED) is 0.414. The highest BCUT2D eigenvalue weighted by Gasteiger charge is 2.44. The standard InChI is InChI=1S/C16H16IN5O4/c17-8-1-3-9(4-2-8)21-14-11-15(19-6-18-14)22(7-20-11)16-13(25)12(24)10(5-23)26-16/h1-4,6-7,10,12-13,16,23-25H,5H2,(H,18,19,21)/t10-,12-,13-,16-/m1/s1. The van der Waals surface area contributed by atoms with Crippen LogP contribution in [-0.2, 0) is 4.74 Å². The van der Waals surface area contributed by atoms with Gasteiger partial charge in [-0.1, -0.05) is 0 Å². The summed E-state index contributed by atoms with van der Waals surface area (Å²) < 4.78 is 8.20. The lowest BCUT2D eigenvalue weighted by atomic mass is 10.1. The number of hydrogen-bond acceptors (Lipinski definition) is 8. The molecule has 0 aliphatic carbocycles. The van der Waals surface area contributed by atoms with Crippen LogP contribution in [-0.4, -0.2) is 59.8 Å². The van der Waals surface area contributed by atoms with Gasteiger partial charge in [0.15, 0.2) is 23.2 Å². The van der Waals surface area contributed by atoms with Gasteiger partial charge in [0.05, 0.1) is 12.9 Å². The molecule has 1 aromatic carbocycles. The summed E-state index contributed by atoms with van der Waals surface area (Å²) in [6.07, 6.45) is -1.29. The molecule has 26 heavy (non-hydrogen) atoms. The van der Waals surface area contributed by atoms with E-state index in [4.69, 9.17) is 4.74 Å². The highest BCUT2D eigenvalue weighted by Crippen LogP contribution is 2.32. The molecule has 2 aromatic heterocycles. The van der Waals surface area contributed by atoms with E-state index < -0.39 is 31.1 Å². The van der Waals surface area contributed by atoms with Gasteiger partial charge in [0, 0.05) is 9.26 Å². The van der Waals surface area contributed by atoms with Gasteiger partial charge in [-0.2, -0.15) is 0 Å². The molecule has 0 radical (unpaired) electrons. The molecule has 1 fully saturated rings. The highest BCUT2D eigenvalue weighted by atomic mass is 127. The van der Waals surface area contributed by atoms with Gasteiger partial charge in [0.25, 0.3) is 0 Å². The lowest BCUT2D eigenvalue weighted by molar-refractivity contribution is -0.0511. The normalized spacial score (nSPS) is 25.7. The maximum absolute atomic E-state index is 10.2. The summed E-state index contributed by atoms with van der Waals surface area (Å²) in [7, 11) is 0. The van der Waals surface area contributed by atoms with Gasteiger partial charge in [0.1, 0.15) is 24.6 Å². The van der Waals surface area contributed by atoms with Gasteiger partial charge in [-0.25, -0.2) is 15.0 Å². The van der Waals surface area contributed by atoms with E-state index in [1.807, 2.05) is 24.3 Å². The Kier molecular flexibility index (Phi) is 4.75. The van der Waals surface area contributed by atoms with Crippen LogP contribution in [0.2, 0.25) is 0 Å². The van der Waals surface area contributed by atoms with E-state index in [0.717, 1.165) is 9.26 Å². The van der Waals surface area contributed by atoms with E-state index in [0.29, 0.717) is 17.0 Å². The summed E-state index contributed by atoms with van der Waals surface area (Å²) in [6, 6.07) is 7.80. The number of fused-ring (bicyclic) bond motifs is 1. The molecule has 9 nitrogen and oxygen atoms in total. The Bertz CT molecular complexity index is 919. The fourth-order valence-corrected chi connectivity index (χ4v) is 3.27. The molecular formula is C16H16IN5O4. The molecule has 1 aliphatic heterocycles. The monoisotopic (exact) mass is 469 g/mol. The van der Waals surface area contributed by atoms with Crippen molar-refractivity contribution in [1.29, 1.82) is 0 Å². The predicted molar refractivity (Wildman–Crippen MR) is 101 cm³/mol. The summed E-state index contributed by atoms with van der Waals surface area (Å²) in [5, 5.41) is 32.6. The Morgan fingerprint density at radius 1 is 1.12 bits per heavy atom. The van der Waals surface area contributed by atoms with E-state index >= 15 is 0 Å². The lowest BCUT2D eigenvalue weighted by Gasteiger charge is -2.16. The Morgan fingerprint density at radius 3 is 2.58 bits per heavy atom. The van der Waals surface area contributed by atoms with Crippen molar-refractivity contribution in [2.45, 2.75) is 24.5 Å². The molecule has 3 aromatic rings. The van der Waals surface area contributed by atoms with Crippen LogP contribution in [0.3, 0.4) is 0 Å². The molecule has 0 spiro atoms. The van der Waals surface area contributed by atoms with E-state index in [1.165, 1.54) is 17.2 Å². The SMILES string of the molecule is OC[C@H]1O[C@@H](n2cnc3c(Nc4ccc(I)cc4)ncnc32)[C@H](O)[C@@H]1O. The van der Waals surface area contributed by atoms with Crippen molar-refractivity contribution in [3.8, 4) is 0 Å². The molecule has 0 unspecified atom stereocenters. The topological polar surface area (TPSA) is 126 Å². The number of aliphatic hydroxyl groups is 3. The van der Waals surface area contributed by atoms with Gasteiger partial charge in [0.2, 0.25) is 0 Å². The Balaban J connectivity index is 1.68. The van der Waals surface area contributed by atoms with Crippen molar-refractivity contribution in [2.75, 3.05) is 11.9 Å². The molecule has 4 N–H and O–H groups in total. The number of aromatic nitrogens is 4. The van der Waals surface area contributed by atoms with Crippen LogP contribution in [0.15, 0.2) is 36.9 Å². The van der Waals surface area contributed by atoms with Crippen LogP contribution in [0.1, 0.15) is 6.23 Å². The summed E-state index contributed by atoms with van der Waals surface area (Å²) in [5.74, 6) is 0.515. The van der Waals surface area contributed by atoms with Crippen LogP contribution in [0.4, 0.5) is 11.5 Å².